The summed E-state index contributed by atoms with van der Waals surface area (Å²) in [6, 6.07) is 12.1. The molecular formula is C48H64O7. The Morgan fingerprint density at radius 2 is 1.67 bits per heavy atom. The highest BCUT2D eigenvalue weighted by Crippen LogP contribution is 2.65. The van der Waals surface area contributed by atoms with Gasteiger partial charge in [0, 0.05) is 12.5 Å². The second kappa shape index (κ2) is 16.4. The molecule has 0 saturated heterocycles. The molecule has 3 aromatic rings. The highest BCUT2D eigenvalue weighted by molar-refractivity contribution is 5.80. The van der Waals surface area contributed by atoms with Crippen LogP contribution in [0.5, 0.6) is 23.0 Å². The Hall–Kier alpha value is -3.74. The van der Waals surface area contributed by atoms with E-state index in [1.54, 1.807) is 49.4 Å². The Morgan fingerprint density at radius 1 is 0.909 bits per heavy atom. The molecule has 0 spiro atoms. The average Bonchev–Trinajstić information content (AvgIpc) is 3.15. The first-order valence-corrected chi connectivity index (χ1v) is 21.4. The molecule has 0 bridgehead atoms. The molecule has 1 aromatic heterocycles. The summed E-state index contributed by atoms with van der Waals surface area (Å²) < 4.78 is 29.3. The minimum absolute atomic E-state index is 0.125. The zero-order valence-corrected chi connectivity index (χ0v) is 34.4. The highest BCUT2D eigenvalue weighted by Gasteiger charge is 2.56. The Labute approximate surface area is 328 Å². The van der Waals surface area contributed by atoms with Crippen LogP contribution in [0, 0.1) is 53.3 Å². The van der Waals surface area contributed by atoms with Gasteiger partial charge < -0.3 is 23.4 Å². The molecule has 0 aliphatic heterocycles. The molecule has 7 nitrogen and oxygen atoms in total. The van der Waals surface area contributed by atoms with Gasteiger partial charge in [0.1, 0.15) is 34.7 Å². The summed E-state index contributed by atoms with van der Waals surface area (Å²) in [5.41, 5.74) is 2.29. The first-order valence-electron chi connectivity index (χ1n) is 21.4. The van der Waals surface area contributed by atoms with Gasteiger partial charge in [-0.2, -0.15) is 0 Å². The molecule has 0 amide bonds. The lowest BCUT2D eigenvalue weighted by atomic mass is 9.44. The fourth-order valence-electron chi connectivity index (χ4n) is 11.3. The quantitative estimate of drug-likeness (QED) is 0.127. The van der Waals surface area contributed by atoms with E-state index < -0.39 is 0 Å². The molecule has 3 saturated carbocycles. The number of carbonyl (C=O) groups excluding carboxylic acids is 1. The molecule has 2 aromatic carbocycles. The predicted octanol–water partition coefficient (Wildman–Crippen LogP) is 12.0. The molecule has 55 heavy (non-hydrogen) atoms. The molecule has 0 N–H and O–H groups in total. The van der Waals surface area contributed by atoms with E-state index in [-0.39, 0.29) is 35.3 Å². The summed E-state index contributed by atoms with van der Waals surface area (Å²) in [5, 5.41) is 0.368. The SMILES string of the molecule is CCOc1ccc(Oc2c(C)oc3cc(OCC(=O)O[C@@H]4CC[C@@]5(C)C(=CC[C@@H]6[C@@H]7CC[C@H]([C@H](C)CCCC(C)C)C[C@@]7(C)CC[C@@H]65)C4)ccc3c2=O)cc1. The molecule has 7 heteroatoms. The minimum atomic E-state index is -0.372. The number of hydrogen-bond acceptors (Lipinski definition) is 7. The lowest BCUT2D eigenvalue weighted by Gasteiger charge is -2.61. The van der Waals surface area contributed by atoms with Crippen molar-refractivity contribution in [2.24, 2.45) is 46.3 Å². The Morgan fingerprint density at radius 3 is 2.44 bits per heavy atom. The zero-order chi connectivity index (χ0) is 38.9. The molecule has 4 aliphatic carbocycles. The van der Waals surface area contributed by atoms with E-state index in [9.17, 15) is 9.59 Å². The van der Waals surface area contributed by atoms with Crippen molar-refractivity contribution < 1.29 is 28.2 Å². The van der Waals surface area contributed by atoms with Gasteiger partial charge in [-0.3, -0.25) is 4.79 Å². The standard InChI is InChI=1S/C48H64O7/c1-8-51-35-14-16-36(17-15-35)55-46-32(5)53-43-27-37(18-20-40(43)45(46)50)52-29-44(49)54-38-22-25-48(7)34(26-38)13-19-39-41-21-12-33(31(4)11-9-10-30(2)3)28-47(41,6)24-23-42(39)48/h13-18,20,27,30-31,33,38-39,41-42H,8-12,19,21-26,28-29H2,1-7H3/t31-,33+,38-,39-,41+,42+,47-,48+/m1/s1. The van der Waals surface area contributed by atoms with Gasteiger partial charge in [-0.05, 0) is 148 Å². The van der Waals surface area contributed by atoms with Gasteiger partial charge in [0.15, 0.2) is 6.61 Å². The summed E-state index contributed by atoms with van der Waals surface area (Å²) in [5.74, 6) is 6.67. The predicted molar refractivity (Wildman–Crippen MR) is 218 cm³/mol. The topological polar surface area (TPSA) is 84.2 Å². The lowest BCUT2D eigenvalue weighted by Crippen LogP contribution is -2.52. The molecule has 3 fully saturated rings. The maximum Gasteiger partial charge on any atom is 0.344 e. The van der Waals surface area contributed by atoms with Crippen LogP contribution in [-0.4, -0.2) is 25.3 Å². The van der Waals surface area contributed by atoms with Crippen molar-refractivity contribution in [3.8, 4) is 23.0 Å². The third kappa shape index (κ3) is 8.37. The summed E-state index contributed by atoms with van der Waals surface area (Å²) >= 11 is 0. The molecule has 8 atom stereocenters. The van der Waals surface area contributed by atoms with Crippen LogP contribution < -0.4 is 19.6 Å². The number of rotatable bonds is 13. The van der Waals surface area contributed by atoms with E-state index in [0.29, 0.717) is 40.3 Å². The smallest absolute Gasteiger partial charge is 0.344 e. The zero-order valence-electron chi connectivity index (χ0n) is 34.4. The van der Waals surface area contributed by atoms with Crippen LogP contribution in [0.2, 0.25) is 0 Å². The molecule has 0 radical (unpaired) electrons. The van der Waals surface area contributed by atoms with Gasteiger partial charge in [-0.1, -0.05) is 65.5 Å². The number of benzene rings is 2. The van der Waals surface area contributed by atoms with Gasteiger partial charge >= 0.3 is 5.97 Å². The van der Waals surface area contributed by atoms with Crippen molar-refractivity contribution in [2.75, 3.05) is 13.2 Å². The van der Waals surface area contributed by atoms with Gasteiger partial charge in [0.2, 0.25) is 11.2 Å². The average molecular weight is 753 g/mol. The van der Waals surface area contributed by atoms with Crippen molar-refractivity contribution >= 4 is 16.9 Å². The van der Waals surface area contributed by atoms with Crippen LogP contribution in [0.25, 0.3) is 11.0 Å². The maximum absolute atomic E-state index is 13.3. The Kier molecular flexibility index (Phi) is 11.8. The first kappa shape index (κ1) is 39.5. The van der Waals surface area contributed by atoms with E-state index in [2.05, 4.69) is 40.7 Å². The normalized spacial score (nSPS) is 29.4. The number of fused-ring (bicyclic) bond motifs is 6. The molecule has 1 heterocycles. The first-order chi connectivity index (χ1) is 26.4. The van der Waals surface area contributed by atoms with E-state index in [1.165, 1.54) is 63.4 Å². The van der Waals surface area contributed by atoms with Crippen LogP contribution >= 0.6 is 0 Å². The van der Waals surface area contributed by atoms with Gasteiger partial charge in [-0.25, -0.2) is 4.79 Å². The van der Waals surface area contributed by atoms with E-state index in [4.69, 9.17) is 23.4 Å². The minimum Gasteiger partial charge on any atom is -0.494 e. The third-order valence-electron chi connectivity index (χ3n) is 14.4. The van der Waals surface area contributed by atoms with Crippen LogP contribution in [0.15, 0.2) is 63.3 Å². The summed E-state index contributed by atoms with van der Waals surface area (Å²) in [7, 11) is 0. The summed E-state index contributed by atoms with van der Waals surface area (Å²) in [4.78, 5) is 26.4. The molecule has 7 rings (SSSR count). The fourth-order valence-corrected chi connectivity index (χ4v) is 11.3. The number of allylic oxidation sites excluding steroid dienone is 1. The van der Waals surface area contributed by atoms with Crippen LogP contribution in [-0.2, 0) is 9.53 Å². The molecule has 298 valence electrons. The Bertz CT molecular complexity index is 1910. The summed E-state index contributed by atoms with van der Waals surface area (Å²) in [6.45, 7) is 16.4. The Balaban J connectivity index is 0.925. The van der Waals surface area contributed by atoms with Crippen molar-refractivity contribution in [2.45, 2.75) is 132 Å². The van der Waals surface area contributed by atoms with Crippen LogP contribution in [0.3, 0.4) is 0 Å². The van der Waals surface area contributed by atoms with Crippen LogP contribution in [0.1, 0.15) is 124 Å². The maximum atomic E-state index is 13.3. The number of esters is 1. The van der Waals surface area contributed by atoms with Crippen molar-refractivity contribution in [3.05, 3.63) is 70.1 Å². The van der Waals surface area contributed by atoms with Crippen molar-refractivity contribution in [1.82, 2.24) is 0 Å². The van der Waals surface area contributed by atoms with Crippen molar-refractivity contribution in [1.29, 1.82) is 0 Å². The number of hydrogen-bond donors (Lipinski definition) is 0. The molecule has 0 unspecified atom stereocenters. The van der Waals surface area contributed by atoms with E-state index in [0.717, 1.165) is 60.5 Å². The second-order valence-electron chi connectivity index (χ2n) is 18.4. The van der Waals surface area contributed by atoms with Gasteiger partial charge in [0.05, 0.1) is 12.0 Å². The van der Waals surface area contributed by atoms with Gasteiger partial charge in [-0.15, -0.1) is 0 Å². The lowest BCUT2D eigenvalue weighted by molar-refractivity contribution is -0.154. The van der Waals surface area contributed by atoms with E-state index in [1.807, 2.05) is 6.92 Å². The highest BCUT2D eigenvalue weighted by atomic mass is 16.6. The molecular weight excluding hydrogens is 689 g/mol. The van der Waals surface area contributed by atoms with Gasteiger partial charge in [0.25, 0.3) is 0 Å². The number of carbonyl (C=O) groups is 1. The third-order valence-corrected chi connectivity index (χ3v) is 14.4. The van der Waals surface area contributed by atoms with E-state index >= 15 is 0 Å². The second-order valence-corrected chi connectivity index (χ2v) is 18.4. The molecule has 4 aliphatic rings. The van der Waals surface area contributed by atoms with Crippen LogP contribution in [0.4, 0.5) is 0 Å². The number of aryl methyl sites for hydroxylation is 1. The largest absolute Gasteiger partial charge is 0.494 e. The van der Waals surface area contributed by atoms with Crippen molar-refractivity contribution in [3.63, 3.8) is 0 Å². The summed E-state index contributed by atoms with van der Waals surface area (Å²) in [6.07, 6.45) is 17.5. The fraction of sp³-hybridized carbons (Fsp3) is 0.625. The monoisotopic (exact) mass is 752 g/mol. The number of ether oxygens (including phenoxy) is 4.